The summed E-state index contributed by atoms with van der Waals surface area (Å²) in [5.41, 5.74) is 4.11. The third-order valence-electron chi connectivity index (χ3n) is 9.85. The molecule has 3 atom stereocenters. The number of allylic oxidation sites excluding steroid dienone is 1. The molecule has 234 valence electrons. The first-order valence-electron chi connectivity index (χ1n) is 16.6. The van der Waals surface area contributed by atoms with Gasteiger partial charge in [0.25, 0.3) is 5.91 Å². The van der Waals surface area contributed by atoms with Gasteiger partial charge < -0.3 is 14.5 Å². The summed E-state index contributed by atoms with van der Waals surface area (Å²) in [7, 11) is 0. The van der Waals surface area contributed by atoms with E-state index >= 15 is 4.39 Å². The van der Waals surface area contributed by atoms with Crippen LogP contribution < -0.4 is 0 Å². The minimum Gasteiger partial charge on any atom is -0.381 e. The first kappa shape index (κ1) is 33.0. The molecule has 3 unspecified atom stereocenters. The summed E-state index contributed by atoms with van der Waals surface area (Å²) in [5, 5.41) is 0. The molecule has 2 aromatic carbocycles. The highest BCUT2D eigenvalue weighted by atomic mass is 19.1. The molecule has 2 aromatic rings. The molecular formula is C38H53FN2O2. The Morgan fingerprint density at radius 1 is 1.14 bits per heavy atom. The predicted octanol–water partition coefficient (Wildman–Crippen LogP) is 9.42. The van der Waals surface area contributed by atoms with Crippen LogP contribution >= 0.6 is 0 Å². The highest BCUT2D eigenvalue weighted by Gasteiger charge is 2.38. The van der Waals surface area contributed by atoms with Crippen LogP contribution in [0.1, 0.15) is 95.7 Å². The van der Waals surface area contributed by atoms with Crippen molar-refractivity contribution in [3.05, 3.63) is 84.2 Å². The molecule has 0 bridgehead atoms. The number of alkyl halides is 1. The summed E-state index contributed by atoms with van der Waals surface area (Å²) < 4.78 is 21.7. The molecule has 2 aliphatic heterocycles. The number of hydrogen-bond donors (Lipinski definition) is 0. The van der Waals surface area contributed by atoms with Gasteiger partial charge in [-0.05, 0) is 99.9 Å². The fraction of sp³-hybridized carbons (Fsp3) is 0.553. The maximum atomic E-state index is 16.0. The number of amides is 1. The Hall–Kier alpha value is -2.92. The lowest BCUT2D eigenvalue weighted by molar-refractivity contribution is -0.131. The molecular weight excluding hydrogens is 535 g/mol. The summed E-state index contributed by atoms with van der Waals surface area (Å²) in [6.45, 7) is 15.3. The first-order valence-corrected chi connectivity index (χ1v) is 16.6. The summed E-state index contributed by atoms with van der Waals surface area (Å²) in [4.78, 5) is 18.0. The zero-order chi connectivity index (χ0) is 30.8. The summed E-state index contributed by atoms with van der Waals surface area (Å²) in [6, 6.07) is 16.9. The first-order chi connectivity index (χ1) is 20.8. The molecule has 0 spiro atoms. The smallest absolute Gasteiger partial charge is 0.270 e. The Morgan fingerprint density at radius 3 is 2.53 bits per heavy atom. The lowest BCUT2D eigenvalue weighted by atomic mass is 9.80. The van der Waals surface area contributed by atoms with Crippen molar-refractivity contribution in [3.63, 3.8) is 0 Å². The van der Waals surface area contributed by atoms with Crippen molar-refractivity contribution in [3.8, 4) is 11.1 Å². The lowest BCUT2D eigenvalue weighted by Gasteiger charge is -2.39. The molecule has 5 heteroatoms. The van der Waals surface area contributed by atoms with Crippen molar-refractivity contribution in [2.75, 3.05) is 26.3 Å². The second-order valence-corrected chi connectivity index (χ2v) is 12.9. The minimum atomic E-state index is -1.20. The molecule has 1 amide bonds. The number of likely N-dealkylation sites (tertiary alicyclic amines) is 1. The molecule has 4 nitrogen and oxygen atoms in total. The van der Waals surface area contributed by atoms with E-state index in [1.807, 2.05) is 9.80 Å². The van der Waals surface area contributed by atoms with Crippen LogP contribution in [0.5, 0.6) is 0 Å². The van der Waals surface area contributed by atoms with Gasteiger partial charge in [0.15, 0.2) is 0 Å². The number of carbonyl (C=O) groups is 1. The summed E-state index contributed by atoms with van der Waals surface area (Å²) >= 11 is 0. The van der Waals surface area contributed by atoms with Gasteiger partial charge in [-0.3, -0.25) is 4.79 Å². The summed E-state index contributed by atoms with van der Waals surface area (Å²) in [6.07, 6.45) is 11.1. The number of halogens is 1. The van der Waals surface area contributed by atoms with Gasteiger partial charge in [0.2, 0.25) is 0 Å². The standard InChI is InChI=1S/C38H53FN2O2/c1-6-8-9-14-36(41(7-2)31(5)34-12-10-11-13-35(34)33-17-15-29(3)16-18-33)37(42)40-25-23-38(39,24-26-40)22-19-32-21-28-43-27-20-30(32)4/h7,10-18,30-32H,2,6,8-9,19-28H2,1,3-5H3/b36-14-. The third kappa shape index (κ3) is 8.59. The molecule has 2 saturated heterocycles. The van der Waals surface area contributed by atoms with Crippen LogP contribution in [-0.4, -0.2) is 47.7 Å². The Kier molecular flexibility index (Phi) is 12.0. The van der Waals surface area contributed by atoms with Crippen molar-refractivity contribution in [2.24, 2.45) is 11.8 Å². The van der Waals surface area contributed by atoms with Crippen LogP contribution in [-0.2, 0) is 9.53 Å². The average molecular weight is 589 g/mol. The molecule has 0 radical (unpaired) electrons. The highest BCUT2D eigenvalue weighted by Crippen LogP contribution is 2.38. The van der Waals surface area contributed by atoms with Gasteiger partial charge in [-0.25, -0.2) is 4.39 Å². The van der Waals surface area contributed by atoms with Crippen molar-refractivity contribution >= 4 is 5.91 Å². The highest BCUT2D eigenvalue weighted by molar-refractivity contribution is 5.93. The van der Waals surface area contributed by atoms with E-state index in [9.17, 15) is 4.79 Å². The fourth-order valence-electron chi connectivity index (χ4n) is 6.74. The molecule has 0 aromatic heterocycles. The molecule has 2 fully saturated rings. The third-order valence-corrected chi connectivity index (χ3v) is 9.85. The maximum Gasteiger partial charge on any atom is 0.270 e. The second kappa shape index (κ2) is 15.7. The van der Waals surface area contributed by atoms with Crippen LogP contribution in [0.3, 0.4) is 0 Å². The second-order valence-electron chi connectivity index (χ2n) is 12.9. The van der Waals surface area contributed by atoms with Crippen molar-refractivity contribution in [2.45, 2.75) is 97.2 Å². The lowest BCUT2D eigenvalue weighted by Crippen LogP contribution is -2.47. The van der Waals surface area contributed by atoms with Crippen molar-refractivity contribution < 1.29 is 13.9 Å². The fourth-order valence-corrected chi connectivity index (χ4v) is 6.74. The number of nitrogens with zero attached hydrogens (tertiary/aromatic N) is 2. The van der Waals surface area contributed by atoms with E-state index in [-0.39, 0.29) is 11.9 Å². The number of rotatable bonds is 12. The molecule has 0 N–H and O–H groups in total. The van der Waals surface area contributed by atoms with Crippen LogP contribution in [0.25, 0.3) is 11.1 Å². The van der Waals surface area contributed by atoms with Crippen LogP contribution in [0.15, 0.2) is 73.1 Å². The van der Waals surface area contributed by atoms with E-state index in [2.05, 4.69) is 88.9 Å². The van der Waals surface area contributed by atoms with Crippen LogP contribution in [0.2, 0.25) is 0 Å². The normalized spacial score (nSPS) is 21.6. The van der Waals surface area contributed by atoms with Crippen molar-refractivity contribution in [1.82, 2.24) is 9.80 Å². The van der Waals surface area contributed by atoms with E-state index in [0.29, 0.717) is 49.9 Å². The quantitative estimate of drug-likeness (QED) is 0.183. The molecule has 43 heavy (non-hydrogen) atoms. The largest absolute Gasteiger partial charge is 0.381 e. The van der Waals surface area contributed by atoms with E-state index in [1.165, 1.54) is 5.56 Å². The van der Waals surface area contributed by atoms with E-state index in [0.717, 1.165) is 68.4 Å². The van der Waals surface area contributed by atoms with Gasteiger partial charge in [0.1, 0.15) is 11.4 Å². The van der Waals surface area contributed by atoms with Gasteiger partial charge in [-0.15, -0.1) is 0 Å². The van der Waals surface area contributed by atoms with Crippen LogP contribution in [0, 0.1) is 18.8 Å². The maximum absolute atomic E-state index is 16.0. The van der Waals surface area contributed by atoms with Crippen LogP contribution in [0.4, 0.5) is 4.39 Å². The molecule has 0 saturated carbocycles. The summed E-state index contributed by atoms with van der Waals surface area (Å²) in [5.74, 6) is 1.08. The molecule has 4 rings (SSSR count). The van der Waals surface area contributed by atoms with E-state index in [1.54, 1.807) is 6.20 Å². The number of aryl methyl sites for hydroxylation is 1. The number of unbranched alkanes of at least 4 members (excludes halogenated alkanes) is 2. The van der Waals surface area contributed by atoms with Gasteiger partial charge in [-0.1, -0.05) is 87.0 Å². The number of piperidine rings is 1. The average Bonchev–Trinajstić information content (AvgIpc) is 3.23. The Bertz CT molecular complexity index is 1210. The number of hydrogen-bond acceptors (Lipinski definition) is 3. The SMILES string of the molecule is C=CN(/C(=C\CCCC)C(=O)N1CCC(F)(CCC2CCOCCC2C)CC1)C(C)c1ccccc1-c1ccc(C)cc1. The topological polar surface area (TPSA) is 32.8 Å². The van der Waals surface area contributed by atoms with Gasteiger partial charge in [0, 0.05) is 26.3 Å². The van der Waals surface area contributed by atoms with Gasteiger partial charge in [-0.2, -0.15) is 0 Å². The zero-order valence-corrected chi connectivity index (χ0v) is 27.0. The monoisotopic (exact) mass is 588 g/mol. The number of carbonyl (C=O) groups excluding carboxylic acids is 1. The molecule has 2 aliphatic rings. The van der Waals surface area contributed by atoms with Crippen molar-refractivity contribution in [1.29, 1.82) is 0 Å². The van der Waals surface area contributed by atoms with Gasteiger partial charge >= 0.3 is 0 Å². The zero-order valence-electron chi connectivity index (χ0n) is 27.0. The Morgan fingerprint density at radius 2 is 1.84 bits per heavy atom. The predicted molar refractivity (Wildman–Crippen MR) is 176 cm³/mol. The number of ether oxygens (including phenoxy) is 1. The molecule has 0 aliphatic carbocycles. The Balaban J connectivity index is 1.49. The number of benzene rings is 2. The van der Waals surface area contributed by atoms with E-state index < -0.39 is 5.67 Å². The van der Waals surface area contributed by atoms with E-state index in [4.69, 9.17) is 4.74 Å². The minimum absolute atomic E-state index is 0.0211. The molecule has 2 heterocycles. The van der Waals surface area contributed by atoms with Gasteiger partial charge in [0.05, 0.1) is 6.04 Å². The Labute approximate surface area is 260 Å².